The number of nitrogens with one attached hydrogen (secondary N) is 1. The first kappa shape index (κ1) is 31.0. The molecule has 6 aromatic rings. The van der Waals surface area contributed by atoms with E-state index in [0.29, 0.717) is 35.6 Å². The van der Waals surface area contributed by atoms with Gasteiger partial charge in [-0.3, -0.25) is 9.59 Å². The van der Waals surface area contributed by atoms with E-state index < -0.39 is 12.0 Å². The van der Waals surface area contributed by atoms with Gasteiger partial charge in [0, 0.05) is 23.1 Å². The summed E-state index contributed by atoms with van der Waals surface area (Å²) in [7, 11) is 0. The van der Waals surface area contributed by atoms with Crippen LogP contribution in [-0.2, 0) is 17.6 Å². The average Bonchev–Trinajstić information content (AvgIpc) is 3.64. The zero-order chi connectivity index (χ0) is 32.8. The second-order valence-electron chi connectivity index (χ2n) is 11.0. The van der Waals surface area contributed by atoms with Gasteiger partial charge in [-0.15, -0.1) is 5.10 Å². The first-order chi connectivity index (χ1) is 22.9. The number of amides is 1. The number of primary amides is 1. The van der Waals surface area contributed by atoms with E-state index in [9.17, 15) is 9.59 Å². The molecule has 0 aliphatic carbocycles. The van der Waals surface area contributed by atoms with Gasteiger partial charge in [0.15, 0.2) is 11.6 Å². The lowest BCUT2D eigenvalue weighted by atomic mass is 9.96. The van der Waals surface area contributed by atoms with Crippen molar-refractivity contribution in [2.45, 2.75) is 45.6 Å². The summed E-state index contributed by atoms with van der Waals surface area (Å²) in [6, 6.07) is 24.9. The first-order valence-electron chi connectivity index (χ1n) is 15.3. The minimum absolute atomic E-state index is 0.153. The Morgan fingerprint density at radius 1 is 0.957 bits per heavy atom. The smallest absolute Gasteiger partial charge is 0.264 e. The second kappa shape index (κ2) is 13.9. The number of carbonyl (C=O) groups is 1. The number of aryl methyl sites for hydroxylation is 2. The van der Waals surface area contributed by atoms with E-state index in [1.54, 1.807) is 31.2 Å². The number of rotatable bonds is 12. The third kappa shape index (κ3) is 6.81. The van der Waals surface area contributed by atoms with Gasteiger partial charge in [0.2, 0.25) is 12.1 Å². The summed E-state index contributed by atoms with van der Waals surface area (Å²) >= 11 is 0. The molecule has 6 rings (SSSR count). The molecule has 1 amide bonds. The predicted molar refractivity (Wildman–Crippen MR) is 176 cm³/mol. The molecule has 0 radical (unpaired) electrons. The molecule has 0 bridgehead atoms. The van der Waals surface area contributed by atoms with Crippen molar-refractivity contribution in [1.29, 1.82) is 0 Å². The van der Waals surface area contributed by atoms with E-state index in [0.717, 1.165) is 40.8 Å². The van der Waals surface area contributed by atoms with Crippen molar-refractivity contribution in [3.63, 3.8) is 0 Å². The van der Waals surface area contributed by atoms with Crippen molar-refractivity contribution in [3.05, 3.63) is 130 Å². The van der Waals surface area contributed by atoms with Crippen LogP contribution >= 0.6 is 0 Å². The molecular weight excluding hydrogens is 594 g/mol. The van der Waals surface area contributed by atoms with Gasteiger partial charge in [0.05, 0.1) is 18.1 Å². The Labute approximate surface area is 270 Å². The lowest BCUT2D eigenvalue weighted by molar-refractivity contribution is -0.125. The second-order valence-corrected chi connectivity index (χ2v) is 11.0. The highest BCUT2D eigenvalue weighted by atomic mass is 16.5. The van der Waals surface area contributed by atoms with Crippen LogP contribution in [0.4, 0.5) is 0 Å². The quantitative estimate of drug-likeness (QED) is 0.195. The minimum Gasteiger partial charge on any atom is -0.473 e. The highest BCUT2D eigenvalue weighted by molar-refractivity contribution is 5.81. The van der Waals surface area contributed by atoms with Crippen LogP contribution in [0.15, 0.2) is 96.1 Å². The number of aromatic nitrogens is 8. The van der Waals surface area contributed by atoms with Crippen LogP contribution in [0.5, 0.6) is 5.75 Å². The Balaban J connectivity index is 1.30. The molecule has 1 unspecified atom stereocenters. The largest absolute Gasteiger partial charge is 0.473 e. The van der Waals surface area contributed by atoms with Crippen LogP contribution in [0.2, 0.25) is 0 Å². The average molecular weight is 628 g/mol. The number of ether oxygens (including phenoxy) is 1. The lowest BCUT2D eigenvalue weighted by Gasteiger charge is -2.17. The van der Waals surface area contributed by atoms with Gasteiger partial charge >= 0.3 is 0 Å². The van der Waals surface area contributed by atoms with Gasteiger partial charge < -0.3 is 10.5 Å². The van der Waals surface area contributed by atoms with Crippen molar-refractivity contribution in [1.82, 2.24) is 40.1 Å². The molecule has 0 aliphatic heterocycles. The summed E-state index contributed by atoms with van der Waals surface area (Å²) in [6.07, 6.45) is 4.77. The van der Waals surface area contributed by atoms with Gasteiger partial charge in [0.1, 0.15) is 5.82 Å². The fourth-order valence-electron chi connectivity index (χ4n) is 5.44. The Morgan fingerprint density at radius 2 is 1.66 bits per heavy atom. The summed E-state index contributed by atoms with van der Waals surface area (Å²) in [4.78, 5) is 39.9. The molecular formula is C35H33N9O3. The molecule has 1 atom stereocenters. The summed E-state index contributed by atoms with van der Waals surface area (Å²) in [5.74, 6) is 0.808. The third-order valence-corrected chi connectivity index (χ3v) is 7.80. The monoisotopic (exact) mass is 627 g/mol. The number of tetrazole rings is 1. The topological polar surface area (TPSA) is 167 Å². The molecule has 0 saturated carbocycles. The van der Waals surface area contributed by atoms with E-state index in [4.69, 9.17) is 15.5 Å². The van der Waals surface area contributed by atoms with Crippen LogP contribution < -0.4 is 16.0 Å². The predicted octanol–water partition coefficient (Wildman–Crippen LogP) is 4.72. The summed E-state index contributed by atoms with van der Waals surface area (Å²) < 4.78 is 7.25. The van der Waals surface area contributed by atoms with E-state index in [1.165, 1.54) is 17.0 Å². The van der Waals surface area contributed by atoms with E-state index in [1.807, 2.05) is 54.6 Å². The fourth-order valence-corrected chi connectivity index (χ4v) is 5.44. The summed E-state index contributed by atoms with van der Waals surface area (Å²) in [5.41, 5.74) is 11.2. The minimum atomic E-state index is -1.01. The molecule has 3 heterocycles. The Bertz CT molecular complexity index is 2030. The summed E-state index contributed by atoms with van der Waals surface area (Å²) in [5, 5.41) is 14.3. The zero-order valence-electron chi connectivity index (χ0n) is 26.0. The number of carbonyl (C=O) groups excluding carboxylic acids is 1. The van der Waals surface area contributed by atoms with Crippen LogP contribution in [0.25, 0.3) is 28.5 Å². The SMILES string of the molecule is CCCCc1nc(C)n(-c2ncc(OC(C(N)=O)c3ccccc3)cn2)c(=O)c1Cc1ccc(-c2ccccc2-c2nnn[nH]2)cc1. The standard InChI is InChI=1S/C35H33N9O3/c1-3-4-14-30-29(19-23-15-17-24(18-16-23)27-12-8-9-13-28(27)33-40-42-43-41-33)34(46)44(22(2)39-30)35-37-20-26(21-38-35)47-31(32(36)45)25-10-6-5-7-11-25/h5-13,15-18,20-21,31H,3-4,14,19H2,1-2H3,(H2,36,45)(H,40,41,42,43). The number of H-pyrrole nitrogens is 1. The molecule has 47 heavy (non-hydrogen) atoms. The fraction of sp³-hybridized carbons (Fsp3) is 0.200. The number of unbranched alkanes of at least 4 members (excludes halogenated alkanes) is 1. The third-order valence-electron chi connectivity index (χ3n) is 7.80. The maximum atomic E-state index is 14.1. The van der Waals surface area contributed by atoms with Crippen LogP contribution in [0, 0.1) is 6.92 Å². The maximum absolute atomic E-state index is 14.1. The van der Waals surface area contributed by atoms with Crippen molar-refractivity contribution in [2.75, 3.05) is 0 Å². The summed E-state index contributed by atoms with van der Waals surface area (Å²) in [6.45, 7) is 3.88. The molecule has 236 valence electrons. The van der Waals surface area contributed by atoms with Gasteiger partial charge in [-0.1, -0.05) is 92.2 Å². The van der Waals surface area contributed by atoms with Gasteiger partial charge in [0.25, 0.3) is 11.5 Å². The Morgan fingerprint density at radius 3 is 2.32 bits per heavy atom. The highest BCUT2D eigenvalue weighted by Crippen LogP contribution is 2.30. The lowest BCUT2D eigenvalue weighted by Crippen LogP contribution is -2.29. The van der Waals surface area contributed by atoms with Crippen LogP contribution in [-0.4, -0.2) is 46.1 Å². The molecule has 0 saturated heterocycles. The van der Waals surface area contributed by atoms with Crippen LogP contribution in [0.1, 0.15) is 54.1 Å². The molecule has 0 spiro atoms. The van der Waals surface area contributed by atoms with Gasteiger partial charge in [-0.25, -0.2) is 24.6 Å². The Kier molecular flexibility index (Phi) is 9.18. The highest BCUT2D eigenvalue weighted by Gasteiger charge is 2.21. The van der Waals surface area contributed by atoms with Crippen molar-refractivity contribution in [2.24, 2.45) is 5.73 Å². The maximum Gasteiger partial charge on any atom is 0.264 e. The Hall–Kier alpha value is -6.04. The number of hydrogen-bond acceptors (Lipinski definition) is 9. The number of nitrogens with zero attached hydrogens (tertiary/aromatic N) is 7. The van der Waals surface area contributed by atoms with Crippen molar-refractivity contribution in [3.8, 4) is 34.2 Å². The van der Waals surface area contributed by atoms with Crippen molar-refractivity contribution < 1.29 is 9.53 Å². The molecule has 3 N–H and O–H groups in total. The van der Waals surface area contributed by atoms with E-state index >= 15 is 0 Å². The van der Waals surface area contributed by atoms with E-state index in [-0.39, 0.29) is 17.3 Å². The number of benzene rings is 3. The van der Waals surface area contributed by atoms with Crippen LogP contribution in [0.3, 0.4) is 0 Å². The normalized spacial score (nSPS) is 11.7. The van der Waals surface area contributed by atoms with E-state index in [2.05, 4.69) is 37.5 Å². The number of nitrogens with two attached hydrogens (primary N) is 1. The molecule has 12 nitrogen and oxygen atoms in total. The van der Waals surface area contributed by atoms with Gasteiger partial charge in [-0.05, 0) is 46.9 Å². The zero-order valence-corrected chi connectivity index (χ0v) is 26.0. The molecule has 0 aliphatic rings. The molecule has 12 heteroatoms. The number of aromatic amines is 1. The first-order valence-corrected chi connectivity index (χ1v) is 15.3. The van der Waals surface area contributed by atoms with Gasteiger partial charge in [-0.2, -0.15) is 0 Å². The molecule has 3 aromatic carbocycles. The molecule has 3 aromatic heterocycles. The molecule has 0 fully saturated rings. The number of hydrogen-bond donors (Lipinski definition) is 2. The van der Waals surface area contributed by atoms with Crippen molar-refractivity contribution >= 4 is 5.91 Å².